The lowest BCUT2D eigenvalue weighted by atomic mass is 10.1. The first-order valence-electron chi connectivity index (χ1n) is 10.3. The van der Waals surface area contributed by atoms with Crippen LogP contribution in [0.3, 0.4) is 0 Å². The average Bonchev–Trinajstić information content (AvgIpc) is 2.77. The number of amidine groups is 1. The maximum Gasteiger partial charge on any atom is 0.260 e. The number of aliphatic imine (C=N–C) groups is 1. The number of hydrogen-bond donors (Lipinski definition) is 0. The Labute approximate surface area is 182 Å². The minimum Gasteiger partial charge on any atom is -0.490 e. The van der Waals surface area contributed by atoms with Crippen molar-refractivity contribution in [2.75, 3.05) is 32.1 Å². The quantitative estimate of drug-likeness (QED) is 0.582. The Morgan fingerprint density at radius 2 is 1.63 bits per heavy atom. The van der Waals surface area contributed by atoms with Crippen LogP contribution in [0.15, 0.2) is 47.5 Å². The third-order valence-electron chi connectivity index (χ3n) is 4.37. The fraction of sp³-hybridized carbons (Fsp3) is 0.391. The number of carbonyl (C=O) groups is 1. The summed E-state index contributed by atoms with van der Waals surface area (Å²) >= 11 is 1.60. The number of rotatable bonds is 8. The molecule has 1 aliphatic heterocycles. The maximum atomic E-state index is 13.5. The molecule has 7 heteroatoms. The first kappa shape index (κ1) is 22.0. The number of hydrogen-bond acceptors (Lipinski definition) is 6. The molecule has 1 heterocycles. The highest BCUT2D eigenvalue weighted by atomic mass is 32.2. The standard InChI is InChI=1S/C23H28N2O4S/c1-4-27-19-15-17(16-20(28-5-2)21(19)29-6-3)22(26)25-13-10-14-30-23(25)24-18-11-8-7-9-12-18/h7-9,11-12,15-16H,4-6,10,13-14H2,1-3H3. The zero-order chi connectivity index (χ0) is 21.3. The van der Waals surface area contributed by atoms with Crippen molar-refractivity contribution in [3.05, 3.63) is 48.0 Å². The summed E-state index contributed by atoms with van der Waals surface area (Å²) in [5, 5.41) is 0.710. The van der Waals surface area contributed by atoms with E-state index < -0.39 is 0 Å². The summed E-state index contributed by atoms with van der Waals surface area (Å²) in [7, 11) is 0. The number of para-hydroxylation sites is 1. The molecular formula is C23H28N2O4S. The van der Waals surface area contributed by atoms with Gasteiger partial charge in [0.1, 0.15) is 0 Å². The predicted octanol–water partition coefficient (Wildman–Crippen LogP) is 5.15. The lowest BCUT2D eigenvalue weighted by Gasteiger charge is -2.28. The Bertz CT molecular complexity index is 859. The number of benzene rings is 2. The monoisotopic (exact) mass is 428 g/mol. The molecule has 1 aliphatic rings. The highest BCUT2D eigenvalue weighted by Crippen LogP contribution is 2.39. The summed E-state index contributed by atoms with van der Waals surface area (Å²) in [6.45, 7) is 7.73. The molecule has 0 spiro atoms. The zero-order valence-corrected chi connectivity index (χ0v) is 18.5. The van der Waals surface area contributed by atoms with Gasteiger partial charge >= 0.3 is 0 Å². The lowest BCUT2D eigenvalue weighted by molar-refractivity contribution is 0.0848. The molecule has 0 radical (unpaired) electrons. The van der Waals surface area contributed by atoms with Crippen LogP contribution in [0.4, 0.5) is 5.69 Å². The summed E-state index contributed by atoms with van der Waals surface area (Å²) in [4.78, 5) is 19.9. The molecule has 0 aliphatic carbocycles. The van der Waals surface area contributed by atoms with Gasteiger partial charge in [-0.3, -0.25) is 9.69 Å². The molecule has 6 nitrogen and oxygen atoms in total. The molecule has 1 amide bonds. The third-order valence-corrected chi connectivity index (χ3v) is 5.43. The molecule has 160 valence electrons. The topological polar surface area (TPSA) is 60.4 Å². The van der Waals surface area contributed by atoms with Crippen molar-refractivity contribution in [3.63, 3.8) is 0 Å². The minimum absolute atomic E-state index is 0.123. The molecule has 0 unspecified atom stereocenters. The third kappa shape index (κ3) is 5.27. The Hall–Kier alpha value is -2.67. The van der Waals surface area contributed by atoms with Crippen LogP contribution in [-0.4, -0.2) is 48.1 Å². The van der Waals surface area contributed by atoms with Crippen LogP contribution in [0.2, 0.25) is 0 Å². The van der Waals surface area contributed by atoms with Crippen molar-refractivity contribution in [1.82, 2.24) is 4.90 Å². The second-order valence-corrected chi connectivity index (χ2v) is 7.55. The highest BCUT2D eigenvalue weighted by Gasteiger charge is 2.27. The van der Waals surface area contributed by atoms with Gasteiger partial charge in [-0.15, -0.1) is 0 Å². The number of thioether (sulfide) groups is 1. The Balaban J connectivity index is 1.98. The van der Waals surface area contributed by atoms with Crippen LogP contribution in [0.25, 0.3) is 0 Å². The normalized spacial score (nSPS) is 15.2. The molecule has 1 fully saturated rings. The first-order chi connectivity index (χ1) is 14.7. The van der Waals surface area contributed by atoms with E-state index in [2.05, 4.69) is 0 Å². The Morgan fingerprint density at radius 3 is 2.23 bits per heavy atom. The van der Waals surface area contributed by atoms with Crippen LogP contribution in [0, 0.1) is 0 Å². The largest absolute Gasteiger partial charge is 0.490 e. The molecule has 1 saturated heterocycles. The molecule has 2 aromatic carbocycles. The summed E-state index contributed by atoms with van der Waals surface area (Å²) < 4.78 is 17.3. The van der Waals surface area contributed by atoms with Gasteiger partial charge in [0.15, 0.2) is 16.7 Å². The summed E-state index contributed by atoms with van der Waals surface area (Å²) in [5.41, 5.74) is 1.32. The smallest absolute Gasteiger partial charge is 0.260 e. The minimum atomic E-state index is -0.123. The van der Waals surface area contributed by atoms with Crippen molar-refractivity contribution in [1.29, 1.82) is 0 Å². The van der Waals surface area contributed by atoms with Gasteiger partial charge in [0, 0.05) is 17.9 Å². The Kier molecular flexibility index (Phi) is 8.02. The number of nitrogens with zero attached hydrogens (tertiary/aromatic N) is 2. The van der Waals surface area contributed by atoms with E-state index in [9.17, 15) is 4.79 Å². The van der Waals surface area contributed by atoms with Gasteiger partial charge in [0.25, 0.3) is 5.91 Å². The van der Waals surface area contributed by atoms with Gasteiger partial charge in [-0.2, -0.15) is 0 Å². The van der Waals surface area contributed by atoms with E-state index >= 15 is 0 Å². The molecule has 2 aromatic rings. The van der Waals surface area contributed by atoms with E-state index in [4.69, 9.17) is 19.2 Å². The van der Waals surface area contributed by atoms with E-state index in [0.29, 0.717) is 54.3 Å². The van der Waals surface area contributed by atoms with Crippen molar-refractivity contribution in [2.45, 2.75) is 27.2 Å². The van der Waals surface area contributed by atoms with E-state index in [1.807, 2.05) is 51.1 Å². The summed E-state index contributed by atoms with van der Waals surface area (Å²) in [6, 6.07) is 13.2. The molecule has 0 saturated carbocycles. The predicted molar refractivity (Wildman–Crippen MR) is 122 cm³/mol. The maximum absolute atomic E-state index is 13.5. The Morgan fingerprint density at radius 1 is 1.00 bits per heavy atom. The van der Waals surface area contributed by atoms with Crippen LogP contribution >= 0.6 is 11.8 Å². The summed E-state index contributed by atoms with van der Waals surface area (Å²) in [5.74, 6) is 2.37. The average molecular weight is 429 g/mol. The van der Waals surface area contributed by atoms with Crippen LogP contribution < -0.4 is 14.2 Å². The van der Waals surface area contributed by atoms with Crippen molar-refractivity contribution in [3.8, 4) is 17.2 Å². The van der Waals surface area contributed by atoms with Crippen LogP contribution in [0.5, 0.6) is 17.2 Å². The van der Waals surface area contributed by atoms with E-state index in [0.717, 1.165) is 17.9 Å². The van der Waals surface area contributed by atoms with Gasteiger partial charge in [0.2, 0.25) is 5.75 Å². The van der Waals surface area contributed by atoms with E-state index in [1.165, 1.54) is 0 Å². The number of carbonyl (C=O) groups excluding carboxylic acids is 1. The molecule has 0 aromatic heterocycles. The van der Waals surface area contributed by atoms with Crippen LogP contribution in [0.1, 0.15) is 37.6 Å². The summed E-state index contributed by atoms with van der Waals surface area (Å²) in [6.07, 6.45) is 0.915. The molecule has 0 atom stereocenters. The van der Waals surface area contributed by atoms with Crippen molar-refractivity contribution >= 4 is 28.5 Å². The molecule has 0 N–H and O–H groups in total. The van der Waals surface area contributed by atoms with Crippen molar-refractivity contribution in [2.24, 2.45) is 4.99 Å². The lowest BCUT2D eigenvalue weighted by Crippen LogP contribution is -2.39. The van der Waals surface area contributed by atoms with Crippen LogP contribution in [-0.2, 0) is 0 Å². The van der Waals surface area contributed by atoms with E-state index in [1.54, 1.807) is 28.8 Å². The molecule has 30 heavy (non-hydrogen) atoms. The molecule has 3 rings (SSSR count). The van der Waals surface area contributed by atoms with Gasteiger partial charge < -0.3 is 14.2 Å². The first-order valence-corrected chi connectivity index (χ1v) is 11.3. The fourth-order valence-corrected chi connectivity index (χ4v) is 4.08. The molecular weight excluding hydrogens is 400 g/mol. The van der Waals surface area contributed by atoms with Crippen molar-refractivity contribution < 1.29 is 19.0 Å². The number of ether oxygens (including phenoxy) is 3. The second-order valence-electron chi connectivity index (χ2n) is 6.49. The van der Waals surface area contributed by atoms with Gasteiger partial charge in [0.05, 0.1) is 25.5 Å². The highest BCUT2D eigenvalue weighted by molar-refractivity contribution is 8.13. The zero-order valence-electron chi connectivity index (χ0n) is 17.7. The number of amides is 1. The van der Waals surface area contributed by atoms with Gasteiger partial charge in [-0.05, 0) is 51.5 Å². The van der Waals surface area contributed by atoms with Gasteiger partial charge in [-0.1, -0.05) is 30.0 Å². The SMILES string of the molecule is CCOc1cc(C(=O)N2CCCSC2=Nc2ccccc2)cc(OCC)c1OCC. The van der Waals surface area contributed by atoms with Gasteiger partial charge in [-0.25, -0.2) is 4.99 Å². The fourth-order valence-electron chi connectivity index (χ4n) is 3.12. The molecule has 0 bridgehead atoms. The van der Waals surface area contributed by atoms with E-state index in [-0.39, 0.29) is 5.91 Å². The second kappa shape index (κ2) is 10.9.